The molecule has 0 atom stereocenters. The summed E-state index contributed by atoms with van der Waals surface area (Å²) in [6.07, 6.45) is -0.308. The van der Waals surface area contributed by atoms with Crippen LogP contribution in [0.15, 0.2) is 0 Å². The summed E-state index contributed by atoms with van der Waals surface area (Å²) in [4.78, 5) is 44.7. The second kappa shape index (κ2) is 4.40. The third-order valence-electron chi connectivity index (χ3n) is 2.18. The van der Waals surface area contributed by atoms with Crippen molar-refractivity contribution in [1.29, 1.82) is 0 Å². The average molecular weight is 227 g/mol. The van der Waals surface area contributed by atoms with Crippen LogP contribution in [0.1, 0.15) is 26.7 Å². The fraction of sp³-hybridized carbons (Fsp3) is 0.556. The number of ketones is 2. The number of hydrogen-bond donors (Lipinski definition) is 3. The molecule has 1 saturated heterocycles. The molecule has 7 heteroatoms. The zero-order chi connectivity index (χ0) is 12.3. The predicted octanol–water partition coefficient (Wildman–Crippen LogP) is -0.973. The quantitative estimate of drug-likeness (QED) is 0.573. The van der Waals surface area contributed by atoms with Gasteiger partial charge in [0.25, 0.3) is 5.91 Å². The first kappa shape index (κ1) is 12.3. The van der Waals surface area contributed by atoms with Gasteiger partial charge in [0.1, 0.15) is 17.1 Å². The highest BCUT2D eigenvalue weighted by Gasteiger charge is 2.44. The summed E-state index contributed by atoms with van der Waals surface area (Å²) in [6.45, 7) is 2.63. The predicted molar refractivity (Wildman–Crippen MR) is 53.1 cm³/mol. The third kappa shape index (κ3) is 2.63. The van der Waals surface area contributed by atoms with Crippen molar-refractivity contribution in [3.63, 3.8) is 0 Å². The molecule has 0 radical (unpaired) electrons. The van der Waals surface area contributed by atoms with Crippen molar-refractivity contribution in [1.82, 2.24) is 16.2 Å². The van der Waals surface area contributed by atoms with E-state index >= 15 is 0 Å². The number of rotatable bonds is 4. The second-order valence-electron chi connectivity index (χ2n) is 3.87. The van der Waals surface area contributed by atoms with Crippen molar-refractivity contribution in [3.05, 3.63) is 0 Å². The molecule has 1 fully saturated rings. The lowest BCUT2D eigenvalue weighted by Crippen LogP contribution is -2.71. The van der Waals surface area contributed by atoms with Crippen molar-refractivity contribution >= 4 is 23.5 Å². The van der Waals surface area contributed by atoms with E-state index in [0.717, 1.165) is 0 Å². The van der Waals surface area contributed by atoms with Gasteiger partial charge in [-0.15, -0.1) is 0 Å². The van der Waals surface area contributed by atoms with E-state index in [9.17, 15) is 19.2 Å². The highest BCUT2D eigenvalue weighted by atomic mass is 16.2. The summed E-state index contributed by atoms with van der Waals surface area (Å²) >= 11 is 0. The topological polar surface area (TPSA) is 104 Å². The van der Waals surface area contributed by atoms with Gasteiger partial charge in [0.2, 0.25) is 0 Å². The highest BCUT2D eigenvalue weighted by Crippen LogP contribution is 2.18. The highest BCUT2D eigenvalue weighted by molar-refractivity contribution is 6.05. The summed E-state index contributed by atoms with van der Waals surface area (Å²) in [5.74, 6) is -1.17. The van der Waals surface area contributed by atoms with Crippen LogP contribution in [0.25, 0.3) is 0 Å². The Morgan fingerprint density at radius 2 is 1.62 bits per heavy atom. The molecule has 0 unspecified atom stereocenters. The molecule has 88 valence electrons. The maximum absolute atomic E-state index is 11.7. The molecule has 0 aromatic rings. The van der Waals surface area contributed by atoms with Crippen LogP contribution in [-0.2, 0) is 14.4 Å². The van der Waals surface area contributed by atoms with Gasteiger partial charge in [-0.05, 0) is 13.8 Å². The molecule has 7 nitrogen and oxygen atoms in total. The van der Waals surface area contributed by atoms with E-state index in [4.69, 9.17) is 0 Å². The average Bonchev–Trinajstić information content (AvgIpc) is 2.10. The van der Waals surface area contributed by atoms with Crippen molar-refractivity contribution in [3.8, 4) is 0 Å². The summed E-state index contributed by atoms with van der Waals surface area (Å²) in [5, 5.41) is 2.02. The fourth-order valence-corrected chi connectivity index (χ4v) is 1.65. The van der Waals surface area contributed by atoms with Gasteiger partial charge in [0.05, 0.1) is 0 Å². The standard InChI is InChI=1S/C9H13N3O4/c1-5(13)3-9(4-6(2)14)7(15)10-8(16)11-12-9/h12H,3-4H2,1-2H3,(H2,10,11,15,16). The van der Waals surface area contributed by atoms with E-state index in [1.807, 2.05) is 5.32 Å². The van der Waals surface area contributed by atoms with E-state index in [1.165, 1.54) is 13.8 Å². The van der Waals surface area contributed by atoms with Gasteiger partial charge in [-0.1, -0.05) is 0 Å². The fourth-order valence-electron chi connectivity index (χ4n) is 1.65. The number of hydrazine groups is 1. The molecule has 0 spiro atoms. The van der Waals surface area contributed by atoms with Crippen LogP contribution in [0, 0.1) is 0 Å². The van der Waals surface area contributed by atoms with E-state index in [2.05, 4.69) is 10.9 Å². The van der Waals surface area contributed by atoms with Crippen LogP contribution in [0.2, 0.25) is 0 Å². The molecule has 3 amide bonds. The Balaban J connectivity index is 2.93. The van der Waals surface area contributed by atoms with Gasteiger partial charge in [0.15, 0.2) is 0 Å². The molecule has 3 N–H and O–H groups in total. The number of Topliss-reactive ketones (excluding diaryl/α,β-unsaturated/α-hetero) is 2. The lowest BCUT2D eigenvalue weighted by molar-refractivity contribution is -0.135. The van der Waals surface area contributed by atoms with Crippen molar-refractivity contribution in [2.45, 2.75) is 32.2 Å². The molecule has 0 aromatic heterocycles. The maximum Gasteiger partial charge on any atom is 0.335 e. The van der Waals surface area contributed by atoms with Gasteiger partial charge >= 0.3 is 6.03 Å². The molecule has 1 rings (SSSR count). The molecule has 1 aliphatic rings. The minimum absolute atomic E-state index is 0.154. The minimum Gasteiger partial charge on any atom is -0.300 e. The Morgan fingerprint density at radius 3 is 2.00 bits per heavy atom. The Morgan fingerprint density at radius 1 is 1.12 bits per heavy atom. The van der Waals surface area contributed by atoms with Gasteiger partial charge in [-0.25, -0.2) is 10.2 Å². The Kier molecular flexibility index (Phi) is 3.38. The summed E-state index contributed by atoms with van der Waals surface area (Å²) in [6, 6.07) is -0.701. The largest absolute Gasteiger partial charge is 0.335 e. The molecule has 1 aliphatic heterocycles. The van der Waals surface area contributed by atoms with E-state index in [-0.39, 0.29) is 24.4 Å². The SMILES string of the molecule is CC(=O)CC1(CC(C)=O)NNC(=O)NC1=O. The maximum atomic E-state index is 11.7. The van der Waals surface area contributed by atoms with Crippen molar-refractivity contribution in [2.24, 2.45) is 0 Å². The smallest absolute Gasteiger partial charge is 0.300 e. The van der Waals surface area contributed by atoms with Gasteiger partial charge in [-0.2, -0.15) is 0 Å². The molecule has 0 aromatic carbocycles. The minimum atomic E-state index is -1.37. The van der Waals surface area contributed by atoms with E-state index in [1.54, 1.807) is 0 Å². The number of hydrogen-bond acceptors (Lipinski definition) is 5. The van der Waals surface area contributed by atoms with Crippen LogP contribution in [0.4, 0.5) is 4.79 Å². The van der Waals surface area contributed by atoms with Crippen LogP contribution in [-0.4, -0.2) is 29.0 Å². The first-order valence-corrected chi connectivity index (χ1v) is 4.73. The van der Waals surface area contributed by atoms with Gasteiger partial charge < -0.3 is 0 Å². The molecular weight excluding hydrogens is 214 g/mol. The first-order chi connectivity index (χ1) is 7.35. The van der Waals surface area contributed by atoms with Gasteiger partial charge in [-0.3, -0.25) is 25.1 Å². The number of nitrogens with one attached hydrogen (secondary N) is 3. The number of amides is 3. The lowest BCUT2D eigenvalue weighted by atomic mass is 9.87. The Hall–Kier alpha value is -1.76. The normalized spacial score (nSPS) is 18.6. The zero-order valence-electron chi connectivity index (χ0n) is 9.05. The van der Waals surface area contributed by atoms with Crippen molar-refractivity contribution < 1.29 is 19.2 Å². The third-order valence-corrected chi connectivity index (χ3v) is 2.18. The zero-order valence-corrected chi connectivity index (χ0v) is 9.05. The Labute approximate surface area is 91.9 Å². The summed E-state index contributed by atoms with van der Waals surface area (Å²) in [7, 11) is 0. The monoisotopic (exact) mass is 227 g/mol. The molecule has 0 bridgehead atoms. The summed E-state index contributed by atoms with van der Waals surface area (Å²) < 4.78 is 0. The molecule has 0 saturated carbocycles. The lowest BCUT2D eigenvalue weighted by Gasteiger charge is -2.35. The first-order valence-electron chi connectivity index (χ1n) is 4.73. The molecular formula is C9H13N3O4. The Bertz CT molecular complexity index is 348. The van der Waals surface area contributed by atoms with E-state index in [0.29, 0.717) is 0 Å². The van der Waals surface area contributed by atoms with E-state index < -0.39 is 17.5 Å². The number of carbonyl (C=O) groups excluding carboxylic acids is 4. The molecule has 16 heavy (non-hydrogen) atoms. The molecule has 0 aliphatic carbocycles. The van der Waals surface area contributed by atoms with Crippen LogP contribution >= 0.6 is 0 Å². The molecule has 1 heterocycles. The van der Waals surface area contributed by atoms with Crippen molar-refractivity contribution in [2.75, 3.05) is 0 Å². The number of urea groups is 1. The number of carbonyl (C=O) groups is 4. The van der Waals surface area contributed by atoms with Crippen LogP contribution < -0.4 is 16.2 Å². The second-order valence-corrected chi connectivity index (χ2v) is 3.87. The number of imide groups is 1. The van der Waals surface area contributed by atoms with Crippen LogP contribution in [0.3, 0.4) is 0 Å². The van der Waals surface area contributed by atoms with Gasteiger partial charge in [0, 0.05) is 12.8 Å². The van der Waals surface area contributed by atoms with Crippen LogP contribution in [0.5, 0.6) is 0 Å². The summed E-state index contributed by atoms with van der Waals surface area (Å²) in [5.41, 5.74) is 3.26.